The van der Waals surface area contributed by atoms with E-state index in [9.17, 15) is 18.0 Å². The Balaban J connectivity index is 1.63. The van der Waals surface area contributed by atoms with Crippen LogP contribution in [0.1, 0.15) is 29.5 Å². The number of amides is 2. The Labute approximate surface area is 177 Å². The average molecular weight is 430 g/mol. The summed E-state index contributed by atoms with van der Waals surface area (Å²) in [6, 6.07) is 11.8. The fourth-order valence-electron chi connectivity index (χ4n) is 3.53. The summed E-state index contributed by atoms with van der Waals surface area (Å²) < 4.78 is 27.4. The molecule has 1 fully saturated rings. The highest BCUT2D eigenvalue weighted by atomic mass is 32.2. The Morgan fingerprint density at radius 1 is 1.03 bits per heavy atom. The van der Waals surface area contributed by atoms with Crippen molar-refractivity contribution in [1.29, 1.82) is 0 Å². The summed E-state index contributed by atoms with van der Waals surface area (Å²) in [5, 5.41) is 5.20. The molecule has 1 aliphatic rings. The minimum atomic E-state index is -3.65. The first-order valence-corrected chi connectivity index (χ1v) is 11.4. The third-order valence-corrected chi connectivity index (χ3v) is 7.47. The Kier molecular flexibility index (Phi) is 6.58. The molecule has 1 heterocycles. The molecule has 2 amide bonds. The van der Waals surface area contributed by atoms with Gasteiger partial charge in [0.2, 0.25) is 10.0 Å². The second kappa shape index (κ2) is 8.97. The number of hydrogen-bond donors (Lipinski definition) is 2. The van der Waals surface area contributed by atoms with Crippen LogP contribution in [0.15, 0.2) is 47.4 Å². The maximum Gasteiger partial charge on any atom is 0.313 e. The number of sulfonamides is 1. The highest BCUT2D eigenvalue weighted by Gasteiger charge is 2.35. The van der Waals surface area contributed by atoms with E-state index < -0.39 is 21.8 Å². The van der Waals surface area contributed by atoms with Crippen molar-refractivity contribution in [1.82, 2.24) is 9.62 Å². The van der Waals surface area contributed by atoms with E-state index in [1.807, 2.05) is 32.9 Å². The van der Waals surface area contributed by atoms with Crippen LogP contribution in [0.2, 0.25) is 0 Å². The van der Waals surface area contributed by atoms with Gasteiger partial charge in [-0.25, -0.2) is 8.42 Å². The number of benzene rings is 2. The lowest BCUT2D eigenvalue weighted by molar-refractivity contribution is -0.136. The predicted octanol–water partition coefficient (Wildman–Crippen LogP) is 2.52. The lowest BCUT2D eigenvalue weighted by Crippen LogP contribution is -2.45. The van der Waals surface area contributed by atoms with Gasteiger partial charge in [-0.15, -0.1) is 0 Å². The van der Waals surface area contributed by atoms with Gasteiger partial charge in [0.05, 0.1) is 4.90 Å². The minimum Gasteiger partial charge on any atom is -0.346 e. The molecule has 7 nitrogen and oxygen atoms in total. The van der Waals surface area contributed by atoms with Gasteiger partial charge in [-0.3, -0.25) is 9.59 Å². The van der Waals surface area contributed by atoms with Crippen molar-refractivity contribution in [2.45, 2.75) is 44.6 Å². The molecule has 30 heavy (non-hydrogen) atoms. The fourth-order valence-corrected chi connectivity index (χ4v) is 5.22. The first-order valence-electron chi connectivity index (χ1n) is 9.94. The Hall–Kier alpha value is -2.71. The van der Waals surface area contributed by atoms with Gasteiger partial charge in [-0.1, -0.05) is 29.8 Å². The molecule has 0 spiro atoms. The van der Waals surface area contributed by atoms with Gasteiger partial charge in [0.1, 0.15) is 0 Å². The van der Waals surface area contributed by atoms with Crippen molar-refractivity contribution in [2.24, 2.45) is 0 Å². The molecular weight excluding hydrogens is 402 g/mol. The molecule has 0 aromatic heterocycles. The van der Waals surface area contributed by atoms with Gasteiger partial charge in [0.25, 0.3) is 0 Å². The molecular formula is C22H27N3O4S. The van der Waals surface area contributed by atoms with Crippen molar-refractivity contribution in [3.63, 3.8) is 0 Å². The minimum absolute atomic E-state index is 0.0874. The second-order valence-corrected chi connectivity index (χ2v) is 9.53. The molecule has 1 atom stereocenters. The summed E-state index contributed by atoms with van der Waals surface area (Å²) in [6.07, 6.45) is 1.34. The van der Waals surface area contributed by atoms with E-state index in [0.29, 0.717) is 25.1 Å². The van der Waals surface area contributed by atoms with E-state index in [0.717, 1.165) is 16.7 Å². The number of aryl methyl sites for hydroxylation is 2. The summed E-state index contributed by atoms with van der Waals surface area (Å²) in [4.78, 5) is 24.8. The van der Waals surface area contributed by atoms with Crippen molar-refractivity contribution < 1.29 is 18.0 Å². The Morgan fingerprint density at radius 3 is 2.43 bits per heavy atom. The summed E-state index contributed by atoms with van der Waals surface area (Å²) >= 11 is 0. The third-order valence-electron chi connectivity index (χ3n) is 5.51. The molecule has 1 saturated heterocycles. The van der Waals surface area contributed by atoms with Crippen LogP contribution in [0.4, 0.5) is 5.69 Å². The largest absolute Gasteiger partial charge is 0.346 e. The number of anilines is 1. The fraction of sp³-hybridized carbons (Fsp3) is 0.364. The van der Waals surface area contributed by atoms with E-state index in [2.05, 4.69) is 10.6 Å². The van der Waals surface area contributed by atoms with Gasteiger partial charge >= 0.3 is 11.8 Å². The van der Waals surface area contributed by atoms with Gasteiger partial charge in [0, 0.05) is 24.8 Å². The predicted molar refractivity (Wildman–Crippen MR) is 116 cm³/mol. The zero-order chi connectivity index (χ0) is 21.9. The number of hydrogen-bond acceptors (Lipinski definition) is 4. The third kappa shape index (κ3) is 4.71. The molecule has 2 aromatic rings. The topological polar surface area (TPSA) is 95.6 Å². The summed E-state index contributed by atoms with van der Waals surface area (Å²) in [5.41, 5.74) is 3.47. The molecule has 3 rings (SSSR count). The SMILES string of the molecule is Cc1ccc(S(=O)(=O)N2CCC[C@H]2CNC(=O)C(=O)Nc2cccc(C)c2C)cc1. The van der Waals surface area contributed by atoms with Crippen LogP contribution >= 0.6 is 0 Å². The molecule has 0 aliphatic carbocycles. The van der Waals surface area contributed by atoms with Gasteiger partial charge in [-0.05, 0) is 62.9 Å². The number of carbonyl (C=O) groups excluding carboxylic acids is 2. The first-order chi connectivity index (χ1) is 14.2. The normalized spacial score (nSPS) is 17.0. The second-order valence-electron chi connectivity index (χ2n) is 7.64. The van der Waals surface area contributed by atoms with E-state index in [-0.39, 0.29) is 17.5 Å². The van der Waals surface area contributed by atoms with Crippen LogP contribution in [0.3, 0.4) is 0 Å². The van der Waals surface area contributed by atoms with Gasteiger partial charge in [0.15, 0.2) is 0 Å². The maximum atomic E-state index is 13.0. The van der Waals surface area contributed by atoms with Crippen molar-refractivity contribution >= 4 is 27.5 Å². The van der Waals surface area contributed by atoms with Crippen LogP contribution in [0.5, 0.6) is 0 Å². The van der Waals surface area contributed by atoms with Crippen molar-refractivity contribution in [2.75, 3.05) is 18.4 Å². The van der Waals surface area contributed by atoms with Gasteiger partial charge < -0.3 is 10.6 Å². The number of nitrogens with one attached hydrogen (secondary N) is 2. The smallest absolute Gasteiger partial charge is 0.313 e. The highest BCUT2D eigenvalue weighted by Crippen LogP contribution is 2.26. The maximum absolute atomic E-state index is 13.0. The van der Waals surface area contributed by atoms with Crippen LogP contribution in [0.25, 0.3) is 0 Å². The Bertz CT molecular complexity index is 1050. The van der Waals surface area contributed by atoms with Gasteiger partial charge in [-0.2, -0.15) is 4.31 Å². The summed E-state index contributed by atoms with van der Waals surface area (Å²) in [7, 11) is -3.65. The van der Waals surface area contributed by atoms with Crippen LogP contribution < -0.4 is 10.6 Å². The zero-order valence-corrected chi connectivity index (χ0v) is 18.3. The lowest BCUT2D eigenvalue weighted by Gasteiger charge is -2.24. The van der Waals surface area contributed by atoms with E-state index in [1.165, 1.54) is 4.31 Å². The molecule has 0 unspecified atom stereocenters. The quantitative estimate of drug-likeness (QED) is 0.714. The summed E-state index contributed by atoms with van der Waals surface area (Å²) in [6.45, 7) is 6.17. The molecule has 2 N–H and O–H groups in total. The highest BCUT2D eigenvalue weighted by molar-refractivity contribution is 7.89. The Morgan fingerprint density at radius 2 is 1.73 bits per heavy atom. The standard InChI is InChI=1S/C22H27N3O4S/c1-15-9-11-19(12-10-15)30(28,29)25-13-5-7-18(25)14-23-21(26)22(27)24-20-8-4-6-16(2)17(20)3/h4,6,8-12,18H,5,7,13-14H2,1-3H3,(H,23,26)(H,24,27)/t18-/m0/s1. The van der Waals surface area contributed by atoms with E-state index in [1.54, 1.807) is 30.3 Å². The molecule has 1 aliphatic heterocycles. The lowest BCUT2D eigenvalue weighted by atomic mass is 10.1. The molecule has 160 valence electrons. The first kappa shape index (κ1) is 22.0. The summed E-state index contributed by atoms with van der Waals surface area (Å²) in [5.74, 6) is -1.55. The number of rotatable bonds is 5. The van der Waals surface area contributed by atoms with Crippen molar-refractivity contribution in [3.05, 3.63) is 59.2 Å². The van der Waals surface area contributed by atoms with Crippen molar-refractivity contribution in [3.8, 4) is 0 Å². The zero-order valence-electron chi connectivity index (χ0n) is 17.4. The molecule has 0 saturated carbocycles. The molecule has 0 bridgehead atoms. The van der Waals surface area contributed by atoms with E-state index >= 15 is 0 Å². The molecule has 2 aromatic carbocycles. The number of nitrogens with zero attached hydrogens (tertiary/aromatic N) is 1. The molecule has 0 radical (unpaired) electrons. The monoisotopic (exact) mass is 429 g/mol. The number of carbonyl (C=O) groups is 2. The average Bonchev–Trinajstić information content (AvgIpc) is 3.19. The van der Waals surface area contributed by atoms with Crippen LogP contribution in [-0.4, -0.2) is 43.7 Å². The van der Waals surface area contributed by atoms with E-state index in [4.69, 9.17) is 0 Å². The van der Waals surface area contributed by atoms with Crippen LogP contribution in [-0.2, 0) is 19.6 Å². The van der Waals surface area contributed by atoms with Crippen LogP contribution in [0, 0.1) is 20.8 Å². The molecule has 8 heteroatoms.